The van der Waals surface area contributed by atoms with Crippen LogP contribution in [0.5, 0.6) is 0 Å². The highest BCUT2D eigenvalue weighted by atomic mass is 16.4. The highest BCUT2D eigenvalue weighted by molar-refractivity contribution is 5.77. The largest absolute Gasteiger partial charge is 0.480 e. The molecule has 5 nitrogen and oxygen atoms in total. The van der Waals surface area contributed by atoms with Crippen LogP contribution in [0.25, 0.3) is 0 Å². The van der Waals surface area contributed by atoms with Gasteiger partial charge in [-0.3, -0.25) is 4.79 Å². The highest BCUT2D eigenvalue weighted by Crippen LogP contribution is 2.12. The number of carboxylic acids is 1. The summed E-state index contributed by atoms with van der Waals surface area (Å²) >= 11 is 0. The minimum atomic E-state index is -1.09. The monoisotopic (exact) mass is 287 g/mol. The first-order chi connectivity index (χ1) is 9.15. The summed E-state index contributed by atoms with van der Waals surface area (Å²) in [5.41, 5.74) is 4.64. The van der Waals surface area contributed by atoms with E-state index < -0.39 is 11.5 Å². The SMILES string of the molecule is CC(C)CN(CCCCC(C)(N)C(=O)O)CCN(C)C. The summed E-state index contributed by atoms with van der Waals surface area (Å²) in [6, 6.07) is 0. The van der Waals surface area contributed by atoms with Gasteiger partial charge in [-0.15, -0.1) is 0 Å². The van der Waals surface area contributed by atoms with Gasteiger partial charge in [-0.05, 0) is 52.7 Å². The molecule has 1 unspecified atom stereocenters. The standard InChI is InChI=1S/C15H33N3O2/c1-13(2)12-18(11-10-17(4)5)9-7-6-8-15(3,16)14(19)20/h13H,6-12,16H2,1-5H3,(H,19,20). The van der Waals surface area contributed by atoms with Crippen molar-refractivity contribution in [2.45, 2.75) is 45.6 Å². The molecule has 0 amide bonds. The number of unbranched alkanes of at least 4 members (excludes halogenated alkanes) is 1. The van der Waals surface area contributed by atoms with Gasteiger partial charge in [-0.2, -0.15) is 0 Å². The van der Waals surface area contributed by atoms with Crippen LogP contribution in [0.3, 0.4) is 0 Å². The van der Waals surface area contributed by atoms with Gasteiger partial charge in [0.25, 0.3) is 0 Å². The van der Waals surface area contributed by atoms with Crippen molar-refractivity contribution in [2.75, 3.05) is 40.3 Å². The van der Waals surface area contributed by atoms with Gasteiger partial charge in [-0.25, -0.2) is 0 Å². The fraction of sp³-hybridized carbons (Fsp3) is 0.933. The van der Waals surface area contributed by atoms with Crippen LogP contribution in [0, 0.1) is 5.92 Å². The molecule has 20 heavy (non-hydrogen) atoms. The van der Waals surface area contributed by atoms with Crippen LogP contribution in [-0.2, 0) is 4.79 Å². The molecule has 0 aromatic rings. The molecule has 0 radical (unpaired) electrons. The molecule has 0 heterocycles. The van der Waals surface area contributed by atoms with Crippen molar-refractivity contribution in [3.05, 3.63) is 0 Å². The van der Waals surface area contributed by atoms with E-state index in [2.05, 4.69) is 37.7 Å². The molecule has 0 aliphatic rings. The van der Waals surface area contributed by atoms with Crippen molar-refractivity contribution in [2.24, 2.45) is 11.7 Å². The van der Waals surface area contributed by atoms with Gasteiger partial charge in [0.1, 0.15) is 5.54 Å². The number of nitrogens with zero attached hydrogens (tertiary/aromatic N) is 2. The Kier molecular flexibility index (Phi) is 9.01. The smallest absolute Gasteiger partial charge is 0.323 e. The van der Waals surface area contributed by atoms with Crippen LogP contribution in [0.15, 0.2) is 0 Å². The average molecular weight is 287 g/mol. The molecule has 0 aromatic carbocycles. The predicted molar refractivity (Wildman–Crippen MR) is 83.9 cm³/mol. The van der Waals surface area contributed by atoms with E-state index in [-0.39, 0.29) is 0 Å². The van der Waals surface area contributed by atoms with Crippen molar-refractivity contribution in [3.8, 4) is 0 Å². The lowest BCUT2D eigenvalue weighted by atomic mass is 9.96. The zero-order valence-electron chi connectivity index (χ0n) is 13.9. The second kappa shape index (κ2) is 9.32. The second-order valence-corrected chi connectivity index (χ2v) is 6.68. The van der Waals surface area contributed by atoms with E-state index in [1.807, 2.05) is 0 Å². The van der Waals surface area contributed by atoms with Crippen molar-refractivity contribution in [1.82, 2.24) is 9.80 Å². The topological polar surface area (TPSA) is 69.8 Å². The minimum absolute atomic E-state index is 0.533. The van der Waals surface area contributed by atoms with E-state index in [0.717, 1.165) is 39.0 Å². The van der Waals surface area contributed by atoms with Crippen molar-refractivity contribution in [3.63, 3.8) is 0 Å². The van der Waals surface area contributed by atoms with E-state index in [4.69, 9.17) is 10.8 Å². The summed E-state index contributed by atoms with van der Waals surface area (Å²) < 4.78 is 0. The second-order valence-electron chi connectivity index (χ2n) is 6.68. The number of carbonyl (C=O) groups is 1. The fourth-order valence-electron chi connectivity index (χ4n) is 2.09. The third-order valence-electron chi connectivity index (χ3n) is 3.40. The molecular weight excluding hydrogens is 254 g/mol. The van der Waals surface area contributed by atoms with Gasteiger partial charge < -0.3 is 20.6 Å². The Morgan fingerprint density at radius 1 is 1.20 bits per heavy atom. The Morgan fingerprint density at radius 2 is 1.80 bits per heavy atom. The maximum atomic E-state index is 10.9. The number of nitrogens with two attached hydrogens (primary N) is 1. The summed E-state index contributed by atoms with van der Waals surface area (Å²) in [6.45, 7) is 10.3. The lowest BCUT2D eigenvalue weighted by Crippen LogP contribution is -2.44. The first-order valence-corrected chi connectivity index (χ1v) is 7.54. The number of likely N-dealkylation sites (N-methyl/N-ethyl adjacent to an activating group) is 1. The summed E-state index contributed by atoms with van der Waals surface area (Å²) in [7, 11) is 4.17. The minimum Gasteiger partial charge on any atom is -0.480 e. The predicted octanol–water partition coefficient (Wildman–Crippen LogP) is 1.48. The number of hydrogen-bond acceptors (Lipinski definition) is 4. The van der Waals surface area contributed by atoms with Crippen LogP contribution >= 0.6 is 0 Å². The molecule has 120 valence electrons. The van der Waals surface area contributed by atoms with Crippen LogP contribution < -0.4 is 5.73 Å². The van der Waals surface area contributed by atoms with Gasteiger partial charge >= 0.3 is 5.97 Å². The molecule has 0 rings (SSSR count). The van der Waals surface area contributed by atoms with Crippen molar-refractivity contribution in [1.29, 1.82) is 0 Å². The lowest BCUT2D eigenvalue weighted by molar-refractivity contribution is -0.142. The number of carboxylic acid groups (broad SMARTS) is 1. The maximum absolute atomic E-state index is 10.9. The number of rotatable bonds is 11. The highest BCUT2D eigenvalue weighted by Gasteiger charge is 2.26. The van der Waals surface area contributed by atoms with Gasteiger partial charge in [0, 0.05) is 19.6 Å². The molecule has 0 bridgehead atoms. The number of hydrogen-bond donors (Lipinski definition) is 2. The summed E-state index contributed by atoms with van der Waals surface area (Å²) in [5, 5.41) is 8.97. The Bertz CT molecular complexity index is 278. The van der Waals surface area contributed by atoms with Crippen molar-refractivity contribution >= 4 is 5.97 Å². The van der Waals surface area contributed by atoms with E-state index in [0.29, 0.717) is 12.3 Å². The quantitative estimate of drug-likeness (QED) is 0.563. The molecule has 0 aliphatic heterocycles. The molecule has 1 atom stereocenters. The fourth-order valence-corrected chi connectivity index (χ4v) is 2.09. The summed E-state index contributed by atoms with van der Waals surface area (Å²) in [5.74, 6) is -0.264. The maximum Gasteiger partial charge on any atom is 0.323 e. The van der Waals surface area contributed by atoms with Crippen LogP contribution in [0.4, 0.5) is 0 Å². The summed E-state index contributed by atoms with van der Waals surface area (Å²) in [4.78, 5) is 15.6. The third kappa shape index (κ3) is 9.28. The average Bonchev–Trinajstić information content (AvgIpc) is 2.30. The van der Waals surface area contributed by atoms with Crippen molar-refractivity contribution < 1.29 is 9.90 Å². The molecule has 0 aliphatic carbocycles. The lowest BCUT2D eigenvalue weighted by Gasteiger charge is -2.26. The van der Waals surface area contributed by atoms with E-state index in [1.165, 1.54) is 0 Å². The first kappa shape index (κ1) is 19.4. The van der Waals surface area contributed by atoms with E-state index >= 15 is 0 Å². The Labute approximate surface area is 124 Å². The molecule has 3 N–H and O–H groups in total. The third-order valence-corrected chi connectivity index (χ3v) is 3.40. The van der Waals surface area contributed by atoms with E-state index in [9.17, 15) is 4.79 Å². The first-order valence-electron chi connectivity index (χ1n) is 7.54. The van der Waals surface area contributed by atoms with Crippen LogP contribution in [0.1, 0.15) is 40.0 Å². The molecule has 0 aromatic heterocycles. The molecule has 5 heteroatoms. The zero-order chi connectivity index (χ0) is 15.8. The Balaban J connectivity index is 4.03. The van der Waals surface area contributed by atoms with Gasteiger partial charge in [0.05, 0.1) is 0 Å². The number of aliphatic carboxylic acids is 1. The van der Waals surface area contributed by atoms with Crippen LogP contribution in [0.2, 0.25) is 0 Å². The van der Waals surface area contributed by atoms with Gasteiger partial charge in [-0.1, -0.05) is 13.8 Å². The van der Waals surface area contributed by atoms with Gasteiger partial charge in [0.2, 0.25) is 0 Å². The van der Waals surface area contributed by atoms with Crippen LogP contribution in [-0.4, -0.2) is 66.7 Å². The summed E-state index contributed by atoms with van der Waals surface area (Å²) in [6.07, 6.45) is 2.39. The van der Waals surface area contributed by atoms with Gasteiger partial charge in [0.15, 0.2) is 0 Å². The van der Waals surface area contributed by atoms with E-state index in [1.54, 1.807) is 6.92 Å². The Hall–Kier alpha value is -0.650. The Morgan fingerprint density at radius 3 is 2.25 bits per heavy atom. The molecule has 0 saturated carbocycles. The zero-order valence-corrected chi connectivity index (χ0v) is 13.9. The molecule has 0 saturated heterocycles. The molecule has 0 fully saturated rings. The molecular formula is C15H33N3O2. The molecule has 0 spiro atoms. The normalized spacial score (nSPS) is 15.1.